The predicted octanol–water partition coefficient (Wildman–Crippen LogP) is 2.09. The maximum atomic E-state index is 12.9. The first-order chi connectivity index (χ1) is 13.5. The second kappa shape index (κ2) is 8.38. The molecule has 0 spiro atoms. The minimum atomic E-state index is -0.478. The van der Waals surface area contributed by atoms with E-state index in [0.29, 0.717) is 37.2 Å². The van der Waals surface area contributed by atoms with Gasteiger partial charge < -0.3 is 9.64 Å². The van der Waals surface area contributed by atoms with Gasteiger partial charge in [-0.1, -0.05) is 0 Å². The van der Waals surface area contributed by atoms with Crippen LogP contribution in [0.3, 0.4) is 0 Å². The minimum absolute atomic E-state index is 0.0465. The highest BCUT2D eigenvalue weighted by Crippen LogP contribution is 2.22. The number of likely N-dealkylation sites (tertiary alicyclic amines) is 1. The summed E-state index contributed by atoms with van der Waals surface area (Å²) in [5.41, 5.74) is 3.57. The number of nitriles is 1. The van der Waals surface area contributed by atoms with Crippen molar-refractivity contribution in [2.45, 2.75) is 58.9 Å². The number of fused-ring (bicyclic) bond motifs is 1. The van der Waals surface area contributed by atoms with E-state index in [1.807, 2.05) is 13.8 Å². The summed E-state index contributed by atoms with van der Waals surface area (Å²) in [6, 6.07) is 1.61. The van der Waals surface area contributed by atoms with Crippen molar-refractivity contribution in [3.63, 3.8) is 0 Å². The molecule has 2 aromatic rings. The number of esters is 1. The van der Waals surface area contributed by atoms with E-state index in [-0.39, 0.29) is 18.3 Å². The SMILES string of the molecule is CCOC(=O)[C@H]1CCCCN1C(=O)CCc1c(C)nc2c(C#N)cnn2c1C. The first kappa shape index (κ1) is 19.8. The number of hydrogen-bond acceptors (Lipinski definition) is 6. The molecule has 0 N–H and O–H groups in total. The molecule has 1 aliphatic rings. The zero-order chi connectivity index (χ0) is 20.3. The molecular formula is C20H25N5O3. The number of nitrogens with zero attached hydrogens (tertiary/aromatic N) is 5. The molecule has 1 atom stereocenters. The summed E-state index contributed by atoms with van der Waals surface area (Å²) in [6.07, 6.45) is 4.77. The van der Waals surface area contributed by atoms with Crippen LogP contribution >= 0.6 is 0 Å². The zero-order valence-corrected chi connectivity index (χ0v) is 16.6. The van der Waals surface area contributed by atoms with E-state index in [1.54, 1.807) is 16.3 Å². The average molecular weight is 383 g/mol. The topological polar surface area (TPSA) is 101 Å². The Morgan fingerprint density at radius 1 is 1.36 bits per heavy atom. The highest BCUT2D eigenvalue weighted by atomic mass is 16.5. The molecule has 0 unspecified atom stereocenters. The van der Waals surface area contributed by atoms with Crippen LogP contribution in [0.4, 0.5) is 0 Å². The van der Waals surface area contributed by atoms with Crippen LogP contribution in [0, 0.1) is 25.2 Å². The van der Waals surface area contributed by atoms with Crippen LogP contribution in [0.1, 0.15) is 55.1 Å². The lowest BCUT2D eigenvalue weighted by Crippen LogP contribution is -2.48. The number of aryl methyl sites for hydroxylation is 2. The summed E-state index contributed by atoms with van der Waals surface area (Å²) in [4.78, 5) is 31.2. The van der Waals surface area contributed by atoms with Gasteiger partial charge in [0.15, 0.2) is 5.65 Å². The lowest BCUT2D eigenvalue weighted by Gasteiger charge is -2.34. The minimum Gasteiger partial charge on any atom is -0.464 e. The average Bonchev–Trinajstić information content (AvgIpc) is 3.10. The molecule has 0 aliphatic carbocycles. The predicted molar refractivity (Wildman–Crippen MR) is 101 cm³/mol. The second-order valence-corrected chi connectivity index (χ2v) is 7.02. The quantitative estimate of drug-likeness (QED) is 0.733. The number of ether oxygens (including phenoxy) is 1. The van der Waals surface area contributed by atoms with Gasteiger partial charge in [-0.3, -0.25) is 4.79 Å². The van der Waals surface area contributed by atoms with Gasteiger partial charge in [0.25, 0.3) is 0 Å². The maximum Gasteiger partial charge on any atom is 0.328 e. The second-order valence-electron chi connectivity index (χ2n) is 7.02. The van der Waals surface area contributed by atoms with E-state index in [0.717, 1.165) is 29.8 Å². The Hall–Kier alpha value is -2.95. The summed E-state index contributed by atoms with van der Waals surface area (Å²) in [5.74, 6) is -0.360. The van der Waals surface area contributed by atoms with Crippen molar-refractivity contribution in [3.05, 3.63) is 28.7 Å². The number of rotatable bonds is 5. The lowest BCUT2D eigenvalue weighted by molar-refractivity contribution is -0.156. The standard InChI is InChI=1S/C20H25N5O3/c1-4-28-20(27)17-7-5-6-10-24(17)18(26)9-8-16-13(2)23-19-15(11-21)12-22-25(19)14(16)3/h12,17H,4-10H2,1-3H3/t17-/m1/s1. The molecule has 1 saturated heterocycles. The Kier molecular flexibility index (Phi) is 5.93. The van der Waals surface area contributed by atoms with Gasteiger partial charge in [0, 0.05) is 24.4 Å². The Bertz CT molecular complexity index is 943. The molecule has 3 rings (SSSR count). The first-order valence-corrected chi connectivity index (χ1v) is 9.68. The molecule has 2 aromatic heterocycles. The Labute approximate surface area is 164 Å². The molecule has 3 heterocycles. The van der Waals surface area contributed by atoms with Crippen LogP contribution in [-0.2, 0) is 20.7 Å². The first-order valence-electron chi connectivity index (χ1n) is 9.68. The Balaban J connectivity index is 1.77. The van der Waals surface area contributed by atoms with Gasteiger partial charge in [-0.25, -0.2) is 14.3 Å². The third-order valence-electron chi connectivity index (χ3n) is 5.30. The fourth-order valence-electron chi connectivity index (χ4n) is 3.84. The zero-order valence-electron chi connectivity index (χ0n) is 16.6. The van der Waals surface area contributed by atoms with Crippen molar-refractivity contribution in [2.75, 3.05) is 13.2 Å². The van der Waals surface area contributed by atoms with Crippen molar-refractivity contribution >= 4 is 17.5 Å². The third kappa shape index (κ3) is 3.70. The van der Waals surface area contributed by atoms with Crippen LogP contribution in [-0.4, -0.2) is 50.6 Å². The van der Waals surface area contributed by atoms with Crippen LogP contribution in [0.25, 0.3) is 5.65 Å². The molecule has 8 nitrogen and oxygen atoms in total. The molecule has 28 heavy (non-hydrogen) atoms. The third-order valence-corrected chi connectivity index (χ3v) is 5.30. The summed E-state index contributed by atoms with van der Waals surface area (Å²) in [6.45, 7) is 6.47. The van der Waals surface area contributed by atoms with Crippen molar-refractivity contribution in [1.29, 1.82) is 5.26 Å². The molecule has 0 radical (unpaired) electrons. The van der Waals surface area contributed by atoms with Gasteiger partial charge in [-0.15, -0.1) is 0 Å². The maximum absolute atomic E-state index is 12.9. The van der Waals surface area contributed by atoms with Crippen LogP contribution in [0.15, 0.2) is 6.20 Å². The molecule has 1 fully saturated rings. The molecule has 0 aromatic carbocycles. The van der Waals surface area contributed by atoms with Crippen molar-refractivity contribution in [3.8, 4) is 6.07 Å². The summed E-state index contributed by atoms with van der Waals surface area (Å²) in [7, 11) is 0. The van der Waals surface area contributed by atoms with E-state index >= 15 is 0 Å². The molecule has 148 valence electrons. The summed E-state index contributed by atoms with van der Waals surface area (Å²) in [5, 5.41) is 13.4. The van der Waals surface area contributed by atoms with Crippen LogP contribution in [0.2, 0.25) is 0 Å². The van der Waals surface area contributed by atoms with Crippen LogP contribution < -0.4 is 0 Å². The number of aromatic nitrogens is 3. The molecular weight excluding hydrogens is 358 g/mol. The summed E-state index contributed by atoms with van der Waals surface area (Å²) >= 11 is 0. The highest BCUT2D eigenvalue weighted by molar-refractivity contribution is 5.85. The van der Waals surface area contributed by atoms with Gasteiger partial charge in [-0.05, 0) is 52.0 Å². The van der Waals surface area contributed by atoms with Gasteiger partial charge >= 0.3 is 5.97 Å². The Morgan fingerprint density at radius 2 is 2.14 bits per heavy atom. The van der Waals surface area contributed by atoms with E-state index in [1.165, 1.54) is 6.20 Å². The van der Waals surface area contributed by atoms with Crippen LogP contribution in [0.5, 0.6) is 0 Å². The summed E-state index contributed by atoms with van der Waals surface area (Å²) < 4.78 is 6.79. The highest BCUT2D eigenvalue weighted by Gasteiger charge is 2.33. The molecule has 8 heteroatoms. The smallest absolute Gasteiger partial charge is 0.328 e. The Morgan fingerprint density at radius 3 is 2.86 bits per heavy atom. The largest absolute Gasteiger partial charge is 0.464 e. The molecule has 1 aliphatic heterocycles. The fraction of sp³-hybridized carbons (Fsp3) is 0.550. The number of piperidine rings is 1. The van der Waals surface area contributed by atoms with E-state index < -0.39 is 6.04 Å². The van der Waals surface area contributed by atoms with Crippen molar-refractivity contribution in [1.82, 2.24) is 19.5 Å². The normalized spacial score (nSPS) is 16.8. The molecule has 0 saturated carbocycles. The van der Waals surface area contributed by atoms with Crippen molar-refractivity contribution in [2.24, 2.45) is 0 Å². The van der Waals surface area contributed by atoms with Gasteiger partial charge in [0.1, 0.15) is 17.7 Å². The lowest BCUT2D eigenvalue weighted by atomic mass is 10.00. The molecule has 0 bridgehead atoms. The van der Waals surface area contributed by atoms with E-state index in [9.17, 15) is 14.9 Å². The van der Waals surface area contributed by atoms with E-state index in [2.05, 4.69) is 16.2 Å². The molecule has 1 amide bonds. The number of hydrogen-bond donors (Lipinski definition) is 0. The van der Waals surface area contributed by atoms with Gasteiger partial charge in [-0.2, -0.15) is 10.4 Å². The van der Waals surface area contributed by atoms with Crippen molar-refractivity contribution < 1.29 is 14.3 Å². The fourth-order valence-corrected chi connectivity index (χ4v) is 3.84. The van der Waals surface area contributed by atoms with Gasteiger partial charge in [0.2, 0.25) is 5.91 Å². The monoisotopic (exact) mass is 383 g/mol. The number of amides is 1. The number of carbonyl (C=O) groups excluding carboxylic acids is 2. The number of carbonyl (C=O) groups is 2. The van der Waals surface area contributed by atoms with E-state index in [4.69, 9.17) is 4.74 Å². The van der Waals surface area contributed by atoms with Gasteiger partial charge in [0.05, 0.1) is 12.8 Å².